The van der Waals surface area contributed by atoms with Gasteiger partial charge in [0.2, 0.25) is 11.0 Å². The molecule has 1 amide bonds. The third-order valence-electron chi connectivity index (χ3n) is 3.40. The standard InChI is InChI=1S/C14H16N2O3S/c17-13(16-11-4-6-20-14(11)18)10-3-5-15-12(7-10)19-8-9-1-2-9/h3,5,7,9,11H,1-2,4,6,8H2,(H,16,17). The van der Waals surface area contributed by atoms with Gasteiger partial charge in [-0.2, -0.15) is 0 Å². The number of nitrogens with zero attached hydrogens (tertiary/aromatic N) is 1. The molecule has 6 heteroatoms. The molecule has 1 aliphatic carbocycles. The Morgan fingerprint density at radius 3 is 3.00 bits per heavy atom. The largest absolute Gasteiger partial charge is 0.477 e. The fraction of sp³-hybridized carbons (Fsp3) is 0.500. The van der Waals surface area contributed by atoms with Gasteiger partial charge in [0, 0.05) is 23.6 Å². The maximum atomic E-state index is 12.1. The maximum absolute atomic E-state index is 12.1. The highest BCUT2D eigenvalue weighted by molar-refractivity contribution is 8.14. The molecule has 2 fully saturated rings. The number of carbonyl (C=O) groups is 2. The predicted octanol–water partition coefficient (Wildman–Crippen LogP) is 1.63. The van der Waals surface area contributed by atoms with E-state index in [4.69, 9.17) is 4.74 Å². The van der Waals surface area contributed by atoms with Crippen molar-refractivity contribution < 1.29 is 14.3 Å². The van der Waals surface area contributed by atoms with E-state index >= 15 is 0 Å². The Labute approximate surface area is 121 Å². The van der Waals surface area contributed by atoms with Crippen LogP contribution in [0.3, 0.4) is 0 Å². The van der Waals surface area contributed by atoms with Crippen molar-refractivity contribution in [3.63, 3.8) is 0 Å². The van der Waals surface area contributed by atoms with E-state index in [0.29, 0.717) is 30.4 Å². The summed E-state index contributed by atoms with van der Waals surface area (Å²) in [6.07, 6.45) is 4.68. The number of rotatable bonds is 5. The number of thioether (sulfide) groups is 1. The minimum absolute atomic E-state index is 0.0395. The molecule has 5 nitrogen and oxygen atoms in total. The lowest BCUT2D eigenvalue weighted by Gasteiger charge is -2.11. The number of nitrogens with one attached hydrogen (secondary N) is 1. The summed E-state index contributed by atoms with van der Waals surface area (Å²) in [7, 11) is 0. The first kappa shape index (κ1) is 13.4. The molecule has 1 N–H and O–H groups in total. The Morgan fingerprint density at radius 1 is 1.45 bits per heavy atom. The minimum Gasteiger partial charge on any atom is -0.477 e. The summed E-state index contributed by atoms with van der Waals surface area (Å²) >= 11 is 1.27. The molecule has 0 bridgehead atoms. The van der Waals surface area contributed by atoms with Crippen molar-refractivity contribution >= 4 is 22.8 Å². The van der Waals surface area contributed by atoms with E-state index in [1.165, 1.54) is 24.6 Å². The molecule has 0 spiro atoms. The lowest BCUT2D eigenvalue weighted by Crippen LogP contribution is -2.37. The lowest BCUT2D eigenvalue weighted by molar-refractivity contribution is -0.112. The fourth-order valence-corrected chi connectivity index (χ4v) is 2.92. The molecule has 1 saturated carbocycles. The van der Waals surface area contributed by atoms with E-state index in [1.807, 2.05) is 0 Å². The van der Waals surface area contributed by atoms with E-state index in [9.17, 15) is 9.59 Å². The molecular weight excluding hydrogens is 276 g/mol. The first-order valence-corrected chi connectivity index (χ1v) is 7.77. The number of hydrogen-bond acceptors (Lipinski definition) is 5. The van der Waals surface area contributed by atoms with Gasteiger partial charge in [0.05, 0.1) is 12.6 Å². The fourth-order valence-electron chi connectivity index (χ4n) is 1.99. The van der Waals surface area contributed by atoms with E-state index < -0.39 is 0 Å². The zero-order valence-corrected chi connectivity index (χ0v) is 11.8. The van der Waals surface area contributed by atoms with E-state index in [-0.39, 0.29) is 17.1 Å². The molecule has 1 saturated heterocycles. The van der Waals surface area contributed by atoms with Crippen molar-refractivity contribution in [2.24, 2.45) is 5.92 Å². The summed E-state index contributed by atoms with van der Waals surface area (Å²) in [6, 6.07) is 2.90. The van der Waals surface area contributed by atoms with E-state index in [2.05, 4.69) is 10.3 Å². The molecule has 3 rings (SSSR count). The summed E-state index contributed by atoms with van der Waals surface area (Å²) in [6.45, 7) is 0.663. The van der Waals surface area contributed by atoms with Crippen molar-refractivity contribution in [1.82, 2.24) is 10.3 Å². The summed E-state index contributed by atoms with van der Waals surface area (Å²) in [5, 5.41) is 2.80. The van der Waals surface area contributed by atoms with Gasteiger partial charge in [0.1, 0.15) is 0 Å². The smallest absolute Gasteiger partial charge is 0.252 e. The van der Waals surface area contributed by atoms with Crippen LogP contribution < -0.4 is 10.1 Å². The van der Waals surface area contributed by atoms with Crippen molar-refractivity contribution in [2.75, 3.05) is 12.4 Å². The van der Waals surface area contributed by atoms with Gasteiger partial charge in [-0.15, -0.1) is 0 Å². The van der Waals surface area contributed by atoms with Crippen LogP contribution >= 0.6 is 11.8 Å². The number of carbonyl (C=O) groups excluding carboxylic acids is 2. The van der Waals surface area contributed by atoms with Gasteiger partial charge >= 0.3 is 0 Å². The topological polar surface area (TPSA) is 68.3 Å². The summed E-state index contributed by atoms with van der Waals surface area (Å²) < 4.78 is 5.55. The first-order valence-electron chi connectivity index (χ1n) is 6.79. The molecule has 2 aliphatic rings. The molecule has 1 aliphatic heterocycles. The van der Waals surface area contributed by atoms with E-state index in [0.717, 1.165) is 5.75 Å². The lowest BCUT2D eigenvalue weighted by atomic mass is 10.2. The molecule has 1 aromatic heterocycles. The Kier molecular flexibility index (Phi) is 3.91. The van der Waals surface area contributed by atoms with Gasteiger partial charge in [0.25, 0.3) is 5.91 Å². The summed E-state index contributed by atoms with van der Waals surface area (Å²) in [4.78, 5) is 27.7. The Morgan fingerprint density at radius 2 is 2.30 bits per heavy atom. The van der Waals surface area contributed by atoms with Crippen LogP contribution in [0.5, 0.6) is 5.88 Å². The van der Waals surface area contributed by atoms with Gasteiger partial charge in [-0.05, 0) is 31.2 Å². The van der Waals surface area contributed by atoms with Crippen LogP contribution in [0.2, 0.25) is 0 Å². The highest BCUT2D eigenvalue weighted by Crippen LogP contribution is 2.29. The normalized spacial score (nSPS) is 21.8. The number of ether oxygens (including phenoxy) is 1. The molecular formula is C14H16N2O3S. The van der Waals surface area contributed by atoms with Crippen LogP contribution in [-0.4, -0.2) is 34.4 Å². The highest BCUT2D eigenvalue weighted by Gasteiger charge is 2.27. The van der Waals surface area contributed by atoms with E-state index in [1.54, 1.807) is 18.3 Å². The van der Waals surface area contributed by atoms with Gasteiger partial charge < -0.3 is 10.1 Å². The predicted molar refractivity (Wildman–Crippen MR) is 75.8 cm³/mol. The second-order valence-electron chi connectivity index (χ2n) is 5.12. The maximum Gasteiger partial charge on any atom is 0.252 e. The van der Waals surface area contributed by atoms with Crippen molar-refractivity contribution in [1.29, 1.82) is 0 Å². The molecule has 0 radical (unpaired) electrons. The molecule has 106 valence electrons. The third kappa shape index (κ3) is 3.30. The Balaban J connectivity index is 1.61. The number of pyridine rings is 1. The Hall–Kier alpha value is -1.56. The zero-order valence-electron chi connectivity index (χ0n) is 11.0. The molecule has 2 heterocycles. The zero-order chi connectivity index (χ0) is 13.9. The SMILES string of the molecule is O=C(NC1CCSC1=O)c1ccnc(OCC2CC2)c1. The van der Waals surface area contributed by atoms with Crippen LogP contribution in [-0.2, 0) is 4.79 Å². The van der Waals surface area contributed by atoms with Gasteiger partial charge in [-0.3, -0.25) is 9.59 Å². The van der Waals surface area contributed by atoms with Gasteiger partial charge in [-0.25, -0.2) is 4.98 Å². The van der Waals surface area contributed by atoms with Crippen molar-refractivity contribution in [2.45, 2.75) is 25.3 Å². The molecule has 1 aromatic rings. The molecule has 1 atom stereocenters. The van der Waals surface area contributed by atoms with Crippen LogP contribution in [0.1, 0.15) is 29.6 Å². The number of hydrogen-bond donors (Lipinski definition) is 1. The summed E-state index contributed by atoms with van der Waals surface area (Å²) in [5.41, 5.74) is 0.482. The third-order valence-corrected chi connectivity index (χ3v) is 4.41. The minimum atomic E-state index is -0.364. The second-order valence-corrected chi connectivity index (χ2v) is 6.22. The van der Waals surface area contributed by atoms with Crippen LogP contribution in [0, 0.1) is 5.92 Å². The first-order chi connectivity index (χ1) is 9.72. The van der Waals surface area contributed by atoms with Gasteiger partial charge in [0.15, 0.2) is 0 Å². The van der Waals surface area contributed by atoms with Crippen LogP contribution in [0.25, 0.3) is 0 Å². The quantitative estimate of drug-likeness (QED) is 0.893. The van der Waals surface area contributed by atoms with Gasteiger partial charge in [-0.1, -0.05) is 11.8 Å². The van der Waals surface area contributed by atoms with Crippen molar-refractivity contribution in [3.05, 3.63) is 23.9 Å². The number of amides is 1. The molecule has 20 heavy (non-hydrogen) atoms. The second kappa shape index (κ2) is 5.83. The average Bonchev–Trinajstić information content (AvgIpc) is 3.21. The summed E-state index contributed by atoms with van der Waals surface area (Å²) in [5.74, 6) is 1.64. The van der Waals surface area contributed by atoms with Crippen molar-refractivity contribution in [3.8, 4) is 5.88 Å². The average molecular weight is 292 g/mol. The van der Waals surface area contributed by atoms with Crippen LogP contribution in [0.15, 0.2) is 18.3 Å². The monoisotopic (exact) mass is 292 g/mol. The number of aromatic nitrogens is 1. The molecule has 1 unspecified atom stereocenters. The van der Waals surface area contributed by atoms with Crippen LogP contribution in [0.4, 0.5) is 0 Å². The highest BCUT2D eigenvalue weighted by atomic mass is 32.2. The Bertz CT molecular complexity index is 531. The molecule has 0 aromatic carbocycles.